The van der Waals surface area contributed by atoms with Crippen LogP contribution in [0.4, 0.5) is 9.93 Å². The number of pyridine rings is 1. The lowest BCUT2D eigenvalue weighted by Crippen LogP contribution is -2.70. The van der Waals surface area contributed by atoms with Crippen molar-refractivity contribution in [1.29, 1.82) is 0 Å². The molecule has 2 atom stereocenters. The number of ether oxygens (including phenoxy) is 1. The Kier molecular flexibility index (Phi) is 8.27. The van der Waals surface area contributed by atoms with Crippen molar-refractivity contribution in [1.82, 2.24) is 19.6 Å². The van der Waals surface area contributed by atoms with Gasteiger partial charge in [0.1, 0.15) is 18.0 Å². The van der Waals surface area contributed by atoms with Gasteiger partial charge in [0.15, 0.2) is 18.9 Å². The van der Waals surface area contributed by atoms with E-state index in [1.165, 1.54) is 16.7 Å². The van der Waals surface area contributed by atoms with E-state index in [1.54, 1.807) is 19.3 Å². The van der Waals surface area contributed by atoms with Crippen LogP contribution < -0.4 is 26.0 Å². The fourth-order valence-corrected chi connectivity index (χ4v) is 6.20. The molecule has 0 aromatic carbocycles. The third-order valence-electron chi connectivity index (χ3n) is 5.02. The summed E-state index contributed by atoms with van der Waals surface area (Å²) in [6.07, 6.45) is 2.04. The van der Waals surface area contributed by atoms with Gasteiger partial charge >= 0.3 is 6.16 Å². The van der Waals surface area contributed by atoms with Crippen LogP contribution in [0.15, 0.2) is 47.2 Å². The molecule has 0 saturated carbocycles. The summed E-state index contributed by atoms with van der Waals surface area (Å²) in [7, 11) is -3.66. The van der Waals surface area contributed by atoms with Crippen molar-refractivity contribution in [2.75, 3.05) is 17.4 Å². The average Bonchev–Trinajstić information content (AvgIpc) is 3.30. The van der Waals surface area contributed by atoms with Gasteiger partial charge in [-0.3, -0.25) is 35.1 Å². The second kappa shape index (κ2) is 11.4. The van der Waals surface area contributed by atoms with Crippen LogP contribution in [-0.2, 0) is 30.3 Å². The molecule has 2 aromatic heterocycles. The first kappa shape index (κ1) is 27.5. The molecule has 19 heteroatoms. The summed E-state index contributed by atoms with van der Waals surface area (Å²) in [5.41, 5.74) is 10.8. The molecule has 1 unspecified atom stereocenters. The molecule has 0 spiro atoms. The summed E-state index contributed by atoms with van der Waals surface area (Å²) in [6.45, 7) is 2.08. The number of aromatic nitrogens is 3. The molecule has 0 bridgehead atoms. The van der Waals surface area contributed by atoms with E-state index in [4.69, 9.17) is 20.6 Å². The number of nitrogens with two attached hydrogens (primary N) is 2. The molecule has 4 rings (SSSR count). The van der Waals surface area contributed by atoms with Gasteiger partial charge in [-0.2, -0.15) is 9.36 Å². The van der Waals surface area contributed by atoms with Gasteiger partial charge in [-0.25, -0.2) is 9.36 Å². The van der Waals surface area contributed by atoms with Crippen molar-refractivity contribution < 1.29 is 38.2 Å². The summed E-state index contributed by atoms with van der Waals surface area (Å²) in [5, 5.41) is 17.3. The largest absolute Gasteiger partial charge is 0.512 e. The van der Waals surface area contributed by atoms with Crippen LogP contribution in [0.2, 0.25) is 0 Å². The molecule has 202 valence electrons. The predicted octanol–water partition coefficient (Wildman–Crippen LogP) is 0.00990. The molecule has 0 radical (unpaired) electrons. The topological polar surface area (TPSA) is 228 Å². The summed E-state index contributed by atoms with van der Waals surface area (Å²) in [6, 6.07) is 4.47. The Hall–Kier alpha value is -3.57. The number of carboxylic acid groups (broad SMARTS) is 1. The molecule has 16 nitrogen and oxygen atoms in total. The highest BCUT2D eigenvalue weighted by molar-refractivity contribution is 8.00. The van der Waals surface area contributed by atoms with Crippen molar-refractivity contribution >= 4 is 59.7 Å². The normalized spacial score (nSPS) is 19.4. The van der Waals surface area contributed by atoms with Gasteiger partial charge in [0.25, 0.3) is 19.4 Å². The molecule has 0 aliphatic carbocycles. The first-order chi connectivity index (χ1) is 18.1. The second-order valence-corrected chi connectivity index (χ2v) is 11.3. The molecule has 2 amide bonds. The zero-order valence-corrected chi connectivity index (χ0v) is 22.2. The minimum absolute atomic E-state index is 0.0107. The van der Waals surface area contributed by atoms with Gasteiger partial charge in [-0.1, -0.05) is 11.2 Å². The van der Waals surface area contributed by atoms with Crippen molar-refractivity contribution in [3.8, 4) is 0 Å². The smallest absolute Gasteiger partial charge is 0.449 e. The molecular weight excluding hydrogens is 561 g/mol. The number of carbonyl (C=O) groups excluding carboxylic acids is 2. The molecule has 2 aliphatic heterocycles. The van der Waals surface area contributed by atoms with Gasteiger partial charge in [0.2, 0.25) is 22.6 Å². The summed E-state index contributed by atoms with van der Waals surface area (Å²) in [4.78, 5) is 47.8. The van der Waals surface area contributed by atoms with Crippen LogP contribution in [0.3, 0.4) is 0 Å². The second-order valence-electron chi connectivity index (χ2n) is 7.79. The number of oxime groups is 1. The standard InChI is InChI=1S/C19H22N9O7PS2/c1-2-34-24-11(13-23-18(38-26-13)25-36(20,21)33)14(29)22-12-15(30)28-16(35-19(31)32)10(9-37-17(12)28)8-27-6-4-3-5-7-27/h3-7,12,17H,2,8-9H2,1H3,(H6-,20,21,22,23,25,26,29,31,32,33)/p+1/t12?,17-/m0/s1. The maximum absolute atomic E-state index is 13.1. The van der Waals surface area contributed by atoms with E-state index in [0.717, 1.165) is 11.5 Å². The van der Waals surface area contributed by atoms with Crippen molar-refractivity contribution in [3.05, 3.63) is 47.9 Å². The average molecular weight is 585 g/mol. The fraction of sp³-hybridized carbons (Fsp3) is 0.316. The number of nitrogens with one attached hydrogen (secondary N) is 2. The lowest BCUT2D eigenvalue weighted by atomic mass is 10.1. The number of hydrogen-bond acceptors (Lipinski definition) is 11. The van der Waals surface area contributed by atoms with Gasteiger partial charge in [-0.15, -0.1) is 11.8 Å². The number of fused-ring (bicyclic) bond motifs is 1. The number of carbonyl (C=O) groups is 3. The van der Waals surface area contributed by atoms with Crippen LogP contribution in [-0.4, -0.2) is 66.8 Å². The Labute approximate surface area is 223 Å². The van der Waals surface area contributed by atoms with E-state index in [-0.39, 0.29) is 29.2 Å². The van der Waals surface area contributed by atoms with E-state index < -0.39 is 37.0 Å². The van der Waals surface area contributed by atoms with Crippen molar-refractivity contribution in [2.24, 2.45) is 16.2 Å². The Morgan fingerprint density at radius 3 is 2.74 bits per heavy atom. The number of β-lactam (4-membered cyclic amide) rings is 1. The molecular formula is C19H23N9O7PS2+. The molecule has 1 saturated heterocycles. The Morgan fingerprint density at radius 1 is 1.34 bits per heavy atom. The number of rotatable bonds is 10. The lowest BCUT2D eigenvalue weighted by molar-refractivity contribution is -0.689. The van der Waals surface area contributed by atoms with Crippen LogP contribution >= 0.6 is 30.9 Å². The third kappa shape index (κ3) is 6.28. The van der Waals surface area contributed by atoms with Gasteiger partial charge in [-0.05, 0) is 6.92 Å². The minimum Gasteiger partial charge on any atom is -0.449 e. The first-order valence-electron chi connectivity index (χ1n) is 10.9. The Bertz CT molecular complexity index is 1350. The number of anilines is 1. The van der Waals surface area contributed by atoms with E-state index in [0.29, 0.717) is 17.9 Å². The highest BCUT2D eigenvalue weighted by Crippen LogP contribution is 2.40. The van der Waals surface area contributed by atoms with Crippen LogP contribution in [0, 0.1) is 0 Å². The predicted molar refractivity (Wildman–Crippen MR) is 135 cm³/mol. The van der Waals surface area contributed by atoms with Crippen molar-refractivity contribution in [3.63, 3.8) is 0 Å². The minimum atomic E-state index is -3.66. The van der Waals surface area contributed by atoms with E-state index in [2.05, 4.69) is 24.9 Å². The third-order valence-corrected chi connectivity index (χ3v) is 7.70. The summed E-state index contributed by atoms with van der Waals surface area (Å²) >= 11 is 2.08. The fourth-order valence-electron chi connectivity index (χ4n) is 3.52. The van der Waals surface area contributed by atoms with Gasteiger partial charge in [0.05, 0.1) is 5.57 Å². The van der Waals surface area contributed by atoms with Crippen LogP contribution in [0.5, 0.6) is 0 Å². The van der Waals surface area contributed by atoms with Crippen molar-refractivity contribution in [2.45, 2.75) is 24.9 Å². The number of thioether (sulfide) groups is 1. The number of amides is 2. The SMILES string of the molecule is CCON=C(C(=O)NC1C(=O)N2C(OC(=O)O)=C(C[n+]3ccccc3)CS[C@@H]12)c1nsc(NP(N)(N)=O)n1. The monoisotopic (exact) mass is 584 g/mol. The lowest BCUT2D eigenvalue weighted by Gasteiger charge is -2.48. The maximum Gasteiger partial charge on any atom is 0.512 e. The number of nitrogens with zero attached hydrogens (tertiary/aromatic N) is 5. The molecule has 4 heterocycles. The van der Waals surface area contributed by atoms with Crippen LogP contribution in [0.25, 0.3) is 0 Å². The summed E-state index contributed by atoms with van der Waals surface area (Å²) in [5.74, 6) is -1.29. The first-order valence-corrected chi connectivity index (χ1v) is 14.6. The zero-order valence-electron chi connectivity index (χ0n) is 19.7. The summed E-state index contributed by atoms with van der Waals surface area (Å²) < 4.78 is 22.4. The molecule has 2 aromatic rings. The maximum atomic E-state index is 13.1. The van der Waals surface area contributed by atoms with E-state index in [9.17, 15) is 24.1 Å². The Morgan fingerprint density at radius 2 is 2.08 bits per heavy atom. The highest BCUT2D eigenvalue weighted by atomic mass is 32.2. The quantitative estimate of drug-likeness (QED) is 0.0620. The van der Waals surface area contributed by atoms with Gasteiger partial charge in [0, 0.05) is 29.4 Å². The van der Waals surface area contributed by atoms with Gasteiger partial charge < -0.3 is 20.0 Å². The molecule has 1 fully saturated rings. The van der Waals surface area contributed by atoms with E-state index >= 15 is 0 Å². The molecule has 7 N–H and O–H groups in total. The Balaban J connectivity index is 1.52. The molecule has 38 heavy (non-hydrogen) atoms. The van der Waals surface area contributed by atoms with Crippen LogP contribution in [0.1, 0.15) is 12.7 Å². The number of hydrogen-bond donors (Lipinski definition) is 5. The highest BCUT2D eigenvalue weighted by Gasteiger charge is 2.54. The van der Waals surface area contributed by atoms with E-state index in [1.807, 2.05) is 22.8 Å². The zero-order chi connectivity index (χ0) is 27.4. The molecule has 2 aliphatic rings.